The monoisotopic (exact) mass is 718 g/mol. The van der Waals surface area contributed by atoms with Crippen molar-refractivity contribution in [3.63, 3.8) is 0 Å². The number of hydrogen-bond acceptors (Lipinski definition) is 2. The number of rotatable bonds is 6. The third kappa shape index (κ3) is 5.09. The molecule has 0 spiro atoms. The van der Waals surface area contributed by atoms with Gasteiger partial charge in [-0.05, 0) is 70.4 Å². The van der Waals surface area contributed by atoms with Crippen LogP contribution in [0.1, 0.15) is 0 Å². The van der Waals surface area contributed by atoms with Crippen LogP contribution in [0, 0.1) is 0 Å². The second kappa shape index (κ2) is 12.9. The van der Waals surface area contributed by atoms with Crippen molar-refractivity contribution in [3.05, 3.63) is 206 Å². The molecule has 0 atom stereocenters. The summed E-state index contributed by atoms with van der Waals surface area (Å²) in [6.07, 6.45) is 0. The average molecular weight is 719 g/mol. The zero-order valence-corrected chi connectivity index (χ0v) is 30.7. The van der Waals surface area contributed by atoms with Crippen LogP contribution in [-0.2, 0) is 0 Å². The highest BCUT2D eigenvalue weighted by atomic mass is 32.1. The van der Waals surface area contributed by atoms with Gasteiger partial charge in [-0.3, -0.25) is 0 Å². The van der Waals surface area contributed by atoms with E-state index in [9.17, 15) is 0 Å². The highest BCUT2D eigenvalue weighted by molar-refractivity contribution is 7.26. The molecule has 0 saturated carbocycles. The Morgan fingerprint density at radius 2 is 0.945 bits per heavy atom. The number of para-hydroxylation sites is 5. The molecule has 2 aromatic heterocycles. The first kappa shape index (κ1) is 31.6. The fourth-order valence-electron chi connectivity index (χ4n) is 8.58. The summed E-state index contributed by atoms with van der Waals surface area (Å²) in [6.45, 7) is 0. The predicted octanol–water partition coefficient (Wildman–Crippen LogP) is 15.1. The molecule has 55 heavy (non-hydrogen) atoms. The van der Waals surface area contributed by atoms with E-state index in [1.165, 1.54) is 75.0 Å². The maximum atomic E-state index is 2.48. The zero-order valence-electron chi connectivity index (χ0n) is 29.9. The summed E-state index contributed by atoms with van der Waals surface area (Å²) in [5, 5.41) is 7.57. The molecule has 2 nitrogen and oxygen atoms in total. The summed E-state index contributed by atoms with van der Waals surface area (Å²) in [4.78, 5) is 2.48. The van der Waals surface area contributed by atoms with Crippen molar-refractivity contribution in [3.8, 4) is 27.9 Å². The maximum absolute atomic E-state index is 2.48. The Labute approximate surface area is 323 Å². The Bertz CT molecular complexity index is 3180. The van der Waals surface area contributed by atoms with E-state index in [0.717, 1.165) is 22.7 Å². The first-order chi connectivity index (χ1) is 27.3. The van der Waals surface area contributed by atoms with E-state index in [0.29, 0.717) is 0 Å². The van der Waals surface area contributed by atoms with Crippen LogP contribution in [0.15, 0.2) is 206 Å². The van der Waals surface area contributed by atoms with Gasteiger partial charge < -0.3 is 9.47 Å². The van der Waals surface area contributed by atoms with E-state index in [4.69, 9.17) is 0 Å². The molecular formula is C52H34N2S. The van der Waals surface area contributed by atoms with Gasteiger partial charge in [-0.25, -0.2) is 0 Å². The van der Waals surface area contributed by atoms with Gasteiger partial charge in [0.1, 0.15) is 0 Å². The lowest BCUT2D eigenvalue weighted by molar-refractivity contribution is 1.15. The zero-order chi connectivity index (χ0) is 36.3. The highest BCUT2D eigenvalue weighted by Crippen LogP contribution is 2.48. The third-order valence-electron chi connectivity index (χ3n) is 11.0. The van der Waals surface area contributed by atoms with Crippen LogP contribution in [-0.4, -0.2) is 4.57 Å². The minimum Gasteiger partial charge on any atom is -0.308 e. The first-order valence-electron chi connectivity index (χ1n) is 18.8. The second-order valence-electron chi connectivity index (χ2n) is 14.1. The quantitative estimate of drug-likeness (QED) is 0.166. The molecule has 2 heterocycles. The van der Waals surface area contributed by atoms with E-state index in [2.05, 4.69) is 216 Å². The molecule has 0 fully saturated rings. The molecule has 0 radical (unpaired) electrons. The standard InChI is InChI=1S/C52H34N2S/c1-2-20-38-35(16-1)17-14-25-39(38)36-18-13-19-37(34-36)53(46-28-7-5-23-42(46)44-26-15-27-45-43-24-6-12-33-51(43)55-52(44)45)49-31-10-11-32-50(49)54-47-29-8-3-21-40(47)41-22-4-9-30-48(41)54/h1-34H. The fourth-order valence-corrected chi connectivity index (χ4v) is 9.81. The van der Waals surface area contributed by atoms with Crippen LogP contribution in [0.2, 0.25) is 0 Å². The number of benzene rings is 9. The fraction of sp³-hybridized carbons (Fsp3) is 0. The third-order valence-corrected chi connectivity index (χ3v) is 12.2. The SMILES string of the molecule is c1cc(-c2cccc3ccccc23)cc(N(c2ccccc2-c2cccc3c2sc2ccccc23)c2ccccc2-n2c3ccccc3c3ccccc32)c1. The van der Waals surface area contributed by atoms with Crippen molar-refractivity contribution < 1.29 is 0 Å². The highest BCUT2D eigenvalue weighted by Gasteiger charge is 2.24. The van der Waals surface area contributed by atoms with Crippen LogP contribution >= 0.6 is 11.3 Å². The van der Waals surface area contributed by atoms with Crippen molar-refractivity contribution in [2.24, 2.45) is 0 Å². The predicted molar refractivity (Wildman–Crippen MR) is 237 cm³/mol. The minimum atomic E-state index is 1.09. The minimum absolute atomic E-state index is 1.09. The number of anilines is 3. The van der Waals surface area contributed by atoms with Gasteiger partial charge >= 0.3 is 0 Å². The smallest absolute Gasteiger partial charge is 0.0702 e. The van der Waals surface area contributed by atoms with E-state index in [1.54, 1.807) is 0 Å². The molecule has 0 aliphatic rings. The molecule has 3 heteroatoms. The van der Waals surface area contributed by atoms with Gasteiger partial charge in [-0.1, -0.05) is 158 Å². The Hall–Kier alpha value is -6.94. The summed E-state index contributed by atoms with van der Waals surface area (Å²) >= 11 is 1.88. The average Bonchev–Trinajstić information content (AvgIpc) is 3.80. The molecule has 0 aliphatic carbocycles. The largest absolute Gasteiger partial charge is 0.308 e. The van der Waals surface area contributed by atoms with Gasteiger partial charge in [-0.2, -0.15) is 0 Å². The van der Waals surface area contributed by atoms with Crippen molar-refractivity contribution in [2.45, 2.75) is 0 Å². The summed E-state index contributed by atoms with van der Waals surface area (Å²) in [5.74, 6) is 0. The van der Waals surface area contributed by atoms with E-state index >= 15 is 0 Å². The number of hydrogen-bond donors (Lipinski definition) is 0. The first-order valence-corrected chi connectivity index (χ1v) is 19.6. The number of thiophene rings is 1. The Morgan fingerprint density at radius 1 is 0.382 bits per heavy atom. The summed E-state index contributed by atoms with van der Waals surface area (Å²) < 4.78 is 5.05. The van der Waals surface area contributed by atoms with Crippen molar-refractivity contribution in [1.29, 1.82) is 0 Å². The maximum Gasteiger partial charge on any atom is 0.0702 e. The molecule has 0 amide bonds. The number of nitrogens with zero attached hydrogens (tertiary/aromatic N) is 2. The summed E-state index contributed by atoms with van der Waals surface area (Å²) in [7, 11) is 0. The number of fused-ring (bicyclic) bond motifs is 7. The lowest BCUT2D eigenvalue weighted by atomic mass is 9.97. The molecule has 11 aromatic rings. The molecule has 9 aromatic carbocycles. The second-order valence-corrected chi connectivity index (χ2v) is 15.1. The van der Waals surface area contributed by atoms with Gasteiger partial charge in [0.05, 0.1) is 28.1 Å². The molecule has 258 valence electrons. The Morgan fingerprint density at radius 3 is 1.78 bits per heavy atom. The van der Waals surface area contributed by atoms with Crippen LogP contribution in [0.3, 0.4) is 0 Å². The van der Waals surface area contributed by atoms with E-state index < -0.39 is 0 Å². The molecule has 0 unspecified atom stereocenters. The molecule has 0 bridgehead atoms. The lowest BCUT2D eigenvalue weighted by Crippen LogP contribution is -2.14. The van der Waals surface area contributed by atoms with Crippen LogP contribution in [0.5, 0.6) is 0 Å². The molecule has 11 rings (SSSR count). The summed E-state index contributed by atoms with van der Waals surface area (Å²) in [6, 6.07) is 75.2. The number of aromatic nitrogens is 1. The molecule has 0 N–H and O–H groups in total. The van der Waals surface area contributed by atoms with Crippen molar-refractivity contribution in [1.82, 2.24) is 4.57 Å². The Kier molecular flexibility index (Phi) is 7.39. The van der Waals surface area contributed by atoms with Gasteiger partial charge in [0, 0.05) is 47.8 Å². The molecular weight excluding hydrogens is 685 g/mol. The van der Waals surface area contributed by atoms with E-state index in [-0.39, 0.29) is 0 Å². The normalized spacial score (nSPS) is 11.6. The molecule has 0 aliphatic heterocycles. The van der Waals surface area contributed by atoms with Gasteiger partial charge in [0.15, 0.2) is 0 Å². The van der Waals surface area contributed by atoms with E-state index in [1.807, 2.05) is 11.3 Å². The van der Waals surface area contributed by atoms with Gasteiger partial charge in [-0.15, -0.1) is 11.3 Å². The van der Waals surface area contributed by atoms with Crippen LogP contribution in [0.4, 0.5) is 17.1 Å². The molecule has 0 saturated heterocycles. The van der Waals surface area contributed by atoms with Gasteiger partial charge in [0.25, 0.3) is 0 Å². The lowest BCUT2D eigenvalue weighted by Gasteiger charge is -2.30. The Balaban J connectivity index is 1.21. The van der Waals surface area contributed by atoms with Crippen LogP contribution in [0.25, 0.3) is 80.7 Å². The van der Waals surface area contributed by atoms with Crippen molar-refractivity contribution >= 4 is 81.1 Å². The van der Waals surface area contributed by atoms with Crippen molar-refractivity contribution in [2.75, 3.05) is 4.90 Å². The topological polar surface area (TPSA) is 8.17 Å². The summed E-state index contributed by atoms with van der Waals surface area (Å²) in [5.41, 5.74) is 11.6. The van der Waals surface area contributed by atoms with Gasteiger partial charge in [0.2, 0.25) is 0 Å². The van der Waals surface area contributed by atoms with Crippen LogP contribution < -0.4 is 4.90 Å².